The number of nitrogens with one attached hydrogen (secondary N) is 1. The average Bonchev–Trinajstić information content (AvgIpc) is 2.45. The number of para-hydroxylation sites is 1. The van der Waals surface area contributed by atoms with Crippen molar-refractivity contribution in [2.75, 3.05) is 7.11 Å². The molecule has 0 atom stereocenters. The Bertz CT molecular complexity index is 569. The van der Waals surface area contributed by atoms with Crippen LogP contribution >= 0.6 is 12.2 Å². The van der Waals surface area contributed by atoms with E-state index in [1.807, 2.05) is 24.3 Å². The van der Waals surface area contributed by atoms with Crippen LogP contribution in [0.1, 0.15) is 11.1 Å². The summed E-state index contributed by atoms with van der Waals surface area (Å²) in [5.74, 6) is 0.549. The summed E-state index contributed by atoms with van der Waals surface area (Å²) in [7, 11) is 1.64. The van der Waals surface area contributed by atoms with Gasteiger partial charge in [0, 0.05) is 17.7 Å². The van der Waals surface area contributed by atoms with Gasteiger partial charge in [-0.05, 0) is 30.3 Å². The summed E-state index contributed by atoms with van der Waals surface area (Å²) in [4.78, 5) is 0.589. The first-order valence-electron chi connectivity index (χ1n) is 5.86. The largest absolute Gasteiger partial charge is 0.496 e. The monoisotopic (exact) mass is 275 g/mol. The van der Waals surface area contributed by atoms with E-state index in [-0.39, 0.29) is 5.82 Å². The number of benzene rings is 2. The first-order chi connectivity index (χ1) is 9.20. The quantitative estimate of drug-likeness (QED) is 0.865. The lowest BCUT2D eigenvalue weighted by Gasteiger charge is -2.11. The Labute approximate surface area is 117 Å². The maximum absolute atomic E-state index is 12.8. The van der Waals surface area contributed by atoms with Crippen LogP contribution < -0.4 is 10.1 Å². The fraction of sp³-hybridized carbons (Fsp3) is 0.133. The van der Waals surface area contributed by atoms with Gasteiger partial charge >= 0.3 is 0 Å². The highest BCUT2D eigenvalue weighted by Gasteiger charge is 2.04. The van der Waals surface area contributed by atoms with Gasteiger partial charge in [0.15, 0.2) is 0 Å². The van der Waals surface area contributed by atoms with Crippen molar-refractivity contribution in [2.45, 2.75) is 6.54 Å². The lowest BCUT2D eigenvalue weighted by Crippen LogP contribution is -2.21. The standard InChI is InChI=1S/C15H14FNOS/c1-18-14-5-3-2-4-12(14)10-17-15(19)11-6-8-13(16)9-7-11/h2-9H,10H2,1H3,(H,17,19). The molecule has 0 aliphatic heterocycles. The van der Waals surface area contributed by atoms with E-state index in [2.05, 4.69) is 5.32 Å². The van der Waals surface area contributed by atoms with Crippen LogP contribution in [0.3, 0.4) is 0 Å². The van der Waals surface area contributed by atoms with Crippen LogP contribution in [0.15, 0.2) is 48.5 Å². The molecule has 0 heterocycles. The van der Waals surface area contributed by atoms with Gasteiger partial charge in [-0.1, -0.05) is 30.4 Å². The molecule has 0 unspecified atom stereocenters. The maximum Gasteiger partial charge on any atom is 0.123 e. The average molecular weight is 275 g/mol. The summed E-state index contributed by atoms with van der Waals surface area (Å²) in [6.45, 7) is 0.570. The lowest BCUT2D eigenvalue weighted by atomic mass is 10.2. The molecule has 0 fully saturated rings. The second kappa shape index (κ2) is 6.29. The minimum atomic E-state index is -0.267. The minimum Gasteiger partial charge on any atom is -0.496 e. The third kappa shape index (κ3) is 3.51. The highest BCUT2D eigenvalue weighted by Crippen LogP contribution is 2.17. The first-order valence-corrected chi connectivity index (χ1v) is 6.27. The lowest BCUT2D eigenvalue weighted by molar-refractivity contribution is 0.409. The van der Waals surface area contributed by atoms with Crippen LogP contribution in [0.2, 0.25) is 0 Å². The summed E-state index contributed by atoms with van der Waals surface area (Å²) in [5, 5.41) is 3.14. The second-order valence-electron chi connectivity index (χ2n) is 4.00. The molecule has 0 aromatic heterocycles. The van der Waals surface area contributed by atoms with Crippen LogP contribution in [0.4, 0.5) is 4.39 Å². The summed E-state index contributed by atoms with van der Waals surface area (Å²) in [6.07, 6.45) is 0. The van der Waals surface area contributed by atoms with Gasteiger partial charge in [0.2, 0.25) is 0 Å². The summed E-state index contributed by atoms with van der Waals surface area (Å²) >= 11 is 5.27. The molecule has 2 aromatic rings. The van der Waals surface area contributed by atoms with E-state index >= 15 is 0 Å². The molecule has 0 aliphatic rings. The van der Waals surface area contributed by atoms with E-state index in [4.69, 9.17) is 17.0 Å². The predicted octanol–water partition coefficient (Wildman–Crippen LogP) is 3.30. The molecular weight excluding hydrogens is 261 g/mol. The molecule has 1 N–H and O–H groups in total. The summed E-state index contributed by atoms with van der Waals surface area (Å²) < 4.78 is 18.1. The van der Waals surface area contributed by atoms with Crippen molar-refractivity contribution in [3.05, 3.63) is 65.5 Å². The van der Waals surface area contributed by atoms with Gasteiger partial charge in [0.05, 0.1) is 7.11 Å². The Morgan fingerprint density at radius 2 is 1.84 bits per heavy atom. The Morgan fingerprint density at radius 1 is 1.16 bits per heavy atom. The fourth-order valence-corrected chi connectivity index (χ4v) is 1.94. The molecular formula is C15H14FNOS. The van der Waals surface area contributed by atoms with Crippen LogP contribution in [-0.2, 0) is 6.54 Å². The van der Waals surface area contributed by atoms with Crippen molar-refractivity contribution in [2.24, 2.45) is 0 Å². The Morgan fingerprint density at radius 3 is 2.53 bits per heavy atom. The molecule has 2 aromatic carbocycles. The highest BCUT2D eigenvalue weighted by molar-refractivity contribution is 7.80. The van der Waals surface area contributed by atoms with Gasteiger partial charge in [-0.2, -0.15) is 0 Å². The molecule has 98 valence electrons. The maximum atomic E-state index is 12.8. The topological polar surface area (TPSA) is 21.3 Å². The molecule has 0 spiro atoms. The third-order valence-corrected chi connectivity index (χ3v) is 3.12. The van der Waals surface area contributed by atoms with E-state index in [1.165, 1.54) is 12.1 Å². The molecule has 2 nitrogen and oxygen atoms in total. The molecule has 0 saturated heterocycles. The smallest absolute Gasteiger partial charge is 0.123 e. The second-order valence-corrected chi connectivity index (χ2v) is 4.41. The number of thiocarbonyl (C=S) groups is 1. The fourth-order valence-electron chi connectivity index (χ4n) is 1.73. The number of hydrogen-bond donors (Lipinski definition) is 1. The number of ether oxygens (including phenoxy) is 1. The molecule has 4 heteroatoms. The molecule has 0 radical (unpaired) electrons. The molecule has 0 amide bonds. The zero-order chi connectivity index (χ0) is 13.7. The Kier molecular flexibility index (Phi) is 4.47. The summed E-state index contributed by atoms with van der Waals surface area (Å²) in [5.41, 5.74) is 1.82. The zero-order valence-corrected chi connectivity index (χ0v) is 11.3. The van der Waals surface area contributed by atoms with E-state index in [0.717, 1.165) is 16.9 Å². The van der Waals surface area contributed by atoms with Gasteiger partial charge in [-0.15, -0.1) is 0 Å². The highest BCUT2D eigenvalue weighted by atomic mass is 32.1. The first kappa shape index (κ1) is 13.5. The van der Waals surface area contributed by atoms with Crippen LogP contribution in [0, 0.1) is 5.82 Å². The van der Waals surface area contributed by atoms with Crippen LogP contribution in [0.25, 0.3) is 0 Å². The van der Waals surface area contributed by atoms with Crippen molar-refractivity contribution < 1.29 is 9.13 Å². The van der Waals surface area contributed by atoms with Crippen molar-refractivity contribution >= 4 is 17.2 Å². The SMILES string of the molecule is COc1ccccc1CNC(=S)c1ccc(F)cc1. The van der Waals surface area contributed by atoms with Gasteiger partial charge in [-0.25, -0.2) is 4.39 Å². The zero-order valence-electron chi connectivity index (χ0n) is 10.5. The van der Waals surface area contributed by atoms with Crippen molar-refractivity contribution in [1.82, 2.24) is 5.32 Å². The van der Waals surface area contributed by atoms with E-state index in [0.29, 0.717) is 11.5 Å². The van der Waals surface area contributed by atoms with E-state index in [9.17, 15) is 4.39 Å². The van der Waals surface area contributed by atoms with E-state index < -0.39 is 0 Å². The Hall–Kier alpha value is -1.94. The molecule has 19 heavy (non-hydrogen) atoms. The van der Waals surface area contributed by atoms with Gasteiger partial charge < -0.3 is 10.1 Å². The van der Waals surface area contributed by atoms with E-state index in [1.54, 1.807) is 19.2 Å². The number of rotatable bonds is 4. The Balaban J connectivity index is 2.02. The number of halogens is 1. The normalized spacial score (nSPS) is 10.0. The van der Waals surface area contributed by atoms with Crippen molar-refractivity contribution in [1.29, 1.82) is 0 Å². The molecule has 0 aliphatic carbocycles. The van der Waals surface area contributed by atoms with Crippen molar-refractivity contribution in [3.8, 4) is 5.75 Å². The third-order valence-electron chi connectivity index (χ3n) is 2.74. The molecule has 2 rings (SSSR count). The predicted molar refractivity (Wildman–Crippen MR) is 77.9 cm³/mol. The van der Waals surface area contributed by atoms with Gasteiger partial charge in [-0.3, -0.25) is 0 Å². The number of methoxy groups -OCH3 is 1. The molecule has 0 saturated carbocycles. The molecule has 0 bridgehead atoms. The van der Waals surface area contributed by atoms with Crippen LogP contribution in [-0.4, -0.2) is 12.1 Å². The van der Waals surface area contributed by atoms with Gasteiger partial charge in [0.25, 0.3) is 0 Å². The number of hydrogen-bond acceptors (Lipinski definition) is 2. The van der Waals surface area contributed by atoms with Crippen molar-refractivity contribution in [3.63, 3.8) is 0 Å². The summed E-state index contributed by atoms with van der Waals surface area (Å²) in [6, 6.07) is 13.8. The van der Waals surface area contributed by atoms with Gasteiger partial charge in [0.1, 0.15) is 16.6 Å². The minimum absolute atomic E-state index is 0.267. The van der Waals surface area contributed by atoms with Crippen LogP contribution in [0.5, 0.6) is 5.75 Å².